The molecule has 0 aromatic carbocycles. The SMILES string of the molecule is CC(=O)[C@@H]1CCCC2C1CCC[C@H]2CO. The summed E-state index contributed by atoms with van der Waals surface area (Å²) in [6.07, 6.45) is 7.10. The van der Waals surface area contributed by atoms with Crippen molar-refractivity contribution in [3.8, 4) is 0 Å². The number of carbonyl (C=O) groups is 1. The van der Waals surface area contributed by atoms with Gasteiger partial charge in [0.05, 0.1) is 0 Å². The molecule has 1 N–H and O–H groups in total. The van der Waals surface area contributed by atoms with Gasteiger partial charge in [0.15, 0.2) is 0 Å². The molecule has 0 saturated heterocycles. The van der Waals surface area contributed by atoms with Crippen molar-refractivity contribution >= 4 is 5.78 Å². The van der Waals surface area contributed by atoms with Gasteiger partial charge in [0.25, 0.3) is 0 Å². The monoisotopic (exact) mass is 210 g/mol. The molecule has 2 saturated carbocycles. The zero-order chi connectivity index (χ0) is 10.8. The van der Waals surface area contributed by atoms with E-state index in [2.05, 4.69) is 0 Å². The van der Waals surface area contributed by atoms with E-state index in [4.69, 9.17) is 0 Å². The van der Waals surface area contributed by atoms with Crippen LogP contribution in [-0.4, -0.2) is 17.5 Å². The van der Waals surface area contributed by atoms with E-state index >= 15 is 0 Å². The molecule has 4 atom stereocenters. The van der Waals surface area contributed by atoms with Crippen molar-refractivity contribution in [3.63, 3.8) is 0 Å². The molecule has 2 fully saturated rings. The molecule has 0 spiro atoms. The molecule has 2 heteroatoms. The molecular weight excluding hydrogens is 188 g/mol. The largest absolute Gasteiger partial charge is 0.396 e. The molecule has 0 amide bonds. The number of fused-ring (bicyclic) bond motifs is 1. The Morgan fingerprint density at radius 1 is 1.13 bits per heavy atom. The lowest BCUT2D eigenvalue weighted by Crippen LogP contribution is -2.40. The molecule has 2 unspecified atom stereocenters. The maximum atomic E-state index is 11.6. The quantitative estimate of drug-likeness (QED) is 0.760. The van der Waals surface area contributed by atoms with Crippen LogP contribution >= 0.6 is 0 Å². The lowest BCUT2D eigenvalue weighted by atomic mass is 9.61. The summed E-state index contributed by atoms with van der Waals surface area (Å²) in [5.41, 5.74) is 0. The topological polar surface area (TPSA) is 37.3 Å². The Bertz CT molecular complexity index is 237. The first-order valence-electron chi connectivity index (χ1n) is 6.35. The minimum Gasteiger partial charge on any atom is -0.396 e. The van der Waals surface area contributed by atoms with Crippen molar-refractivity contribution in [3.05, 3.63) is 0 Å². The van der Waals surface area contributed by atoms with Gasteiger partial charge in [0.1, 0.15) is 5.78 Å². The van der Waals surface area contributed by atoms with Gasteiger partial charge in [-0.2, -0.15) is 0 Å². The molecule has 0 aliphatic heterocycles. The van der Waals surface area contributed by atoms with Crippen LogP contribution in [0.25, 0.3) is 0 Å². The van der Waals surface area contributed by atoms with E-state index in [0.29, 0.717) is 36.1 Å². The highest BCUT2D eigenvalue weighted by atomic mass is 16.3. The predicted molar refractivity (Wildman–Crippen MR) is 59.4 cm³/mol. The summed E-state index contributed by atoms with van der Waals surface area (Å²) < 4.78 is 0. The van der Waals surface area contributed by atoms with Crippen molar-refractivity contribution < 1.29 is 9.90 Å². The second kappa shape index (κ2) is 4.65. The van der Waals surface area contributed by atoms with Gasteiger partial charge in [0.2, 0.25) is 0 Å². The van der Waals surface area contributed by atoms with Crippen LogP contribution in [0.1, 0.15) is 45.4 Å². The van der Waals surface area contributed by atoms with Crippen molar-refractivity contribution in [2.24, 2.45) is 23.7 Å². The predicted octanol–water partition coefficient (Wildman–Crippen LogP) is 2.40. The lowest BCUT2D eigenvalue weighted by Gasteiger charge is -2.44. The first-order chi connectivity index (χ1) is 7.24. The minimum atomic E-state index is 0.304. The van der Waals surface area contributed by atoms with Gasteiger partial charge >= 0.3 is 0 Å². The van der Waals surface area contributed by atoms with E-state index in [9.17, 15) is 9.90 Å². The summed E-state index contributed by atoms with van der Waals surface area (Å²) in [6, 6.07) is 0. The van der Waals surface area contributed by atoms with Gasteiger partial charge in [-0.3, -0.25) is 4.79 Å². The Kier molecular flexibility index (Phi) is 3.45. The Morgan fingerprint density at radius 3 is 2.47 bits per heavy atom. The van der Waals surface area contributed by atoms with Crippen LogP contribution in [0.5, 0.6) is 0 Å². The molecule has 0 aromatic rings. The number of carbonyl (C=O) groups excluding carboxylic acids is 1. The molecular formula is C13H22O2. The second-order valence-corrected chi connectivity index (χ2v) is 5.35. The van der Waals surface area contributed by atoms with E-state index in [-0.39, 0.29) is 0 Å². The van der Waals surface area contributed by atoms with Crippen molar-refractivity contribution in [2.75, 3.05) is 6.61 Å². The van der Waals surface area contributed by atoms with Crippen LogP contribution in [0.4, 0.5) is 0 Å². The molecule has 2 aliphatic carbocycles. The third-order valence-electron chi connectivity index (χ3n) is 4.59. The number of aliphatic hydroxyl groups excluding tert-OH is 1. The fourth-order valence-electron chi connectivity index (χ4n) is 3.86. The maximum Gasteiger partial charge on any atom is 0.133 e. The fraction of sp³-hybridized carbons (Fsp3) is 0.923. The zero-order valence-electron chi connectivity index (χ0n) is 9.61. The number of Topliss-reactive ketones (excluding diaryl/α,β-unsaturated/α-hetero) is 1. The van der Waals surface area contributed by atoms with Gasteiger partial charge in [-0.15, -0.1) is 0 Å². The summed E-state index contributed by atoms with van der Waals surface area (Å²) in [5, 5.41) is 9.37. The molecule has 0 radical (unpaired) electrons. The first-order valence-corrected chi connectivity index (χ1v) is 6.35. The second-order valence-electron chi connectivity index (χ2n) is 5.35. The van der Waals surface area contributed by atoms with Gasteiger partial charge in [0, 0.05) is 12.5 Å². The molecule has 86 valence electrons. The Balaban J connectivity index is 2.11. The Morgan fingerprint density at radius 2 is 1.80 bits per heavy atom. The third kappa shape index (κ3) is 2.10. The highest BCUT2D eigenvalue weighted by molar-refractivity contribution is 5.78. The van der Waals surface area contributed by atoms with Gasteiger partial charge in [-0.05, 0) is 50.4 Å². The number of ketones is 1. The highest BCUT2D eigenvalue weighted by Gasteiger charge is 2.41. The molecule has 0 bridgehead atoms. The van der Waals surface area contributed by atoms with Gasteiger partial charge < -0.3 is 5.11 Å². The minimum absolute atomic E-state index is 0.304. The summed E-state index contributed by atoms with van der Waals surface area (Å²) in [5.74, 6) is 2.38. The Labute approximate surface area is 92.1 Å². The van der Waals surface area contributed by atoms with Crippen LogP contribution in [-0.2, 0) is 4.79 Å². The van der Waals surface area contributed by atoms with E-state index in [0.717, 1.165) is 6.42 Å². The van der Waals surface area contributed by atoms with E-state index in [1.54, 1.807) is 6.92 Å². The molecule has 2 aliphatic rings. The standard InChI is InChI=1S/C13H22O2/c1-9(15)11-5-3-6-12-10(8-14)4-2-7-13(11)12/h10-14H,2-8H2,1H3/t10-,11-,12?,13?/m0/s1. The summed E-state index contributed by atoms with van der Waals surface area (Å²) in [6.45, 7) is 2.07. The fourth-order valence-corrected chi connectivity index (χ4v) is 3.86. The van der Waals surface area contributed by atoms with Gasteiger partial charge in [-0.25, -0.2) is 0 Å². The van der Waals surface area contributed by atoms with Crippen LogP contribution in [0.15, 0.2) is 0 Å². The van der Waals surface area contributed by atoms with Crippen LogP contribution in [0.2, 0.25) is 0 Å². The highest BCUT2D eigenvalue weighted by Crippen LogP contribution is 2.46. The smallest absolute Gasteiger partial charge is 0.133 e. The van der Waals surface area contributed by atoms with Crippen LogP contribution in [0.3, 0.4) is 0 Å². The zero-order valence-corrected chi connectivity index (χ0v) is 9.61. The van der Waals surface area contributed by atoms with E-state index in [1.165, 1.54) is 32.1 Å². The third-order valence-corrected chi connectivity index (χ3v) is 4.59. The van der Waals surface area contributed by atoms with Crippen molar-refractivity contribution in [1.29, 1.82) is 0 Å². The number of hydrogen-bond acceptors (Lipinski definition) is 2. The average molecular weight is 210 g/mol. The maximum absolute atomic E-state index is 11.6. The van der Waals surface area contributed by atoms with Crippen molar-refractivity contribution in [1.82, 2.24) is 0 Å². The molecule has 2 nitrogen and oxygen atoms in total. The van der Waals surface area contributed by atoms with E-state index < -0.39 is 0 Å². The summed E-state index contributed by atoms with van der Waals surface area (Å²) in [7, 11) is 0. The number of aliphatic hydroxyl groups is 1. The molecule has 2 rings (SSSR count). The van der Waals surface area contributed by atoms with Crippen LogP contribution in [0, 0.1) is 23.7 Å². The molecule has 0 aromatic heterocycles. The summed E-state index contributed by atoms with van der Waals surface area (Å²) >= 11 is 0. The van der Waals surface area contributed by atoms with Crippen LogP contribution < -0.4 is 0 Å². The normalized spacial score (nSPS) is 40.9. The first kappa shape index (κ1) is 11.1. The molecule has 15 heavy (non-hydrogen) atoms. The van der Waals surface area contributed by atoms with Gasteiger partial charge in [-0.1, -0.05) is 12.8 Å². The van der Waals surface area contributed by atoms with E-state index in [1.807, 2.05) is 0 Å². The number of hydrogen-bond donors (Lipinski definition) is 1. The molecule has 0 heterocycles. The summed E-state index contributed by atoms with van der Waals surface area (Å²) in [4.78, 5) is 11.6. The average Bonchev–Trinajstić information content (AvgIpc) is 2.27. The Hall–Kier alpha value is -0.370. The lowest BCUT2D eigenvalue weighted by molar-refractivity contribution is -0.126. The number of rotatable bonds is 2. The van der Waals surface area contributed by atoms with Crippen molar-refractivity contribution in [2.45, 2.75) is 45.4 Å².